The van der Waals surface area contributed by atoms with Gasteiger partial charge in [-0.15, -0.1) is 0 Å². The molecule has 0 amide bonds. The smallest absolute Gasteiger partial charge is 0.214 e. The molecule has 0 fully saturated rings. The Morgan fingerprint density at radius 1 is 1.75 bits per heavy atom. The second kappa shape index (κ2) is 3.40. The van der Waals surface area contributed by atoms with Gasteiger partial charge in [-0.2, -0.15) is 0 Å². The molecule has 0 bridgehead atoms. The van der Waals surface area contributed by atoms with E-state index in [1.165, 1.54) is 19.4 Å². The van der Waals surface area contributed by atoms with Crippen molar-refractivity contribution in [2.75, 3.05) is 7.11 Å². The number of hydrogen-bond donors (Lipinski definition) is 2. The SMILES string of the molecule is COc1cc(Cl)c(C(=N)N)cn1. The van der Waals surface area contributed by atoms with E-state index in [9.17, 15) is 0 Å². The van der Waals surface area contributed by atoms with Gasteiger partial charge in [-0.25, -0.2) is 4.98 Å². The van der Waals surface area contributed by atoms with Crippen LogP contribution in [0.15, 0.2) is 12.3 Å². The molecule has 1 heterocycles. The molecule has 0 saturated carbocycles. The van der Waals surface area contributed by atoms with Gasteiger partial charge in [-0.05, 0) is 0 Å². The fourth-order valence-electron chi connectivity index (χ4n) is 0.723. The summed E-state index contributed by atoms with van der Waals surface area (Å²) in [5.74, 6) is 0.306. The summed E-state index contributed by atoms with van der Waals surface area (Å²) in [5.41, 5.74) is 5.64. The first-order chi connectivity index (χ1) is 5.65. The van der Waals surface area contributed by atoms with E-state index < -0.39 is 0 Å². The standard InChI is InChI=1S/C7H8ClN3O/c1-12-6-2-5(8)4(3-11-6)7(9)10/h2-3H,1H3,(H3,9,10). The number of aromatic nitrogens is 1. The zero-order valence-corrected chi connectivity index (χ0v) is 7.22. The summed E-state index contributed by atoms with van der Waals surface area (Å²) < 4.78 is 4.82. The molecule has 0 unspecified atom stereocenters. The average molecular weight is 186 g/mol. The highest BCUT2D eigenvalue weighted by atomic mass is 35.5. The van der Waals surface area contributed by atoms with Gasteiger partial charge < -0.3 is 10.5 Å². The van der Waals surface area contributed by atoms with Gasteiger partial charge in [0.2, 0.25) is 5.88 Å². The first kappa shape index (κ1) is 8.80. The number of methoxy groups -OCH3 is 1. The van der Waals surface area contributed by atoms with Crippen LogP contribution in [0.2, 0.25) is 5.02 Å². The minimum atomic E-state index is -0.102. The Kier molecular flexibility index (Phi) is 2.50. The van der Waals surface area contributed by atoms with Crippen molar-refractivity contribution in [2.45, 2.75) is 0 Å². The molecule has 1 aromatic rings. The normalized spacial score (nSPS) is 9.50. The Balaban J connectivity index is 3.12. The van der Waals surface area contributed by atoms with Crippen LogP contribution in [0.5, 0.6) is 5.88 Å². The van der Waals surface area contributed by atoms with Crippen LogP contribution in [0.4, 0.5) is 0 Å². The zero-order chi connectivity index (χ0) is 9.14. The molecule has 64 valence electrons. The van der Waals surface area contributed by atoms with Gasteiger partial charge in [0.25, 0.3) is 0 Å². The number of rotatable bonds is 2. The van der Waals surface area contributed by atoms with Crippen molar-refractivity contribution in [1.82, 2.24) is 4.98 Å². The Hall–Kier alpha value is -1.29. The van der Waals surface area contributed by atoms with Gasteiger partial charge in [-0.1, -0.05) is 11.6 Å². The molecule has 0 aliphatic carbocycles. The van der Waals surface area contributed by atoms with Gasteiger partial charge in [0.15, 0.2) is 0 Å². The summed E-state index contributed by atoms with van der Waals surface area (Å²) >= 11 is 5.76. The number of amidine groups is 1. The fourth-order valence-corrected chi connectivity index (χ4v) is 0.967. The molecule has 0 aliphatic heterocycles. The minimum Gasteiger partial charge on any atom is -0.481 e. The summed E-state index contributed by atoms with van der Waals surface area (Å²) in [4.78, 5) is 3.85. The van der Waals surface area contributed by atoms with Gasteiger partial charge in [0.05, 0.1) is 17.7 Å². The summed E-state index contributed by atoms with van der Waals surface area (Å²) in [6, 6.07) is 1.51. The maximum absolute atomic E-state index is 7.12. The zero-order valence-electron chi connectivity index (χ0n) is 6.47. The van der Waals surface area contributed by atoms with Crippen LogP contribution in [0.1, 0.15) is 5.56 Å². The topological polar surface area (TPSA) is 72.0 Å². The first-order valence-corrected chi connectivity index (χ1v) is 3.57. The van der Waals surface area contributed by atoms with Gasteiger partial charge in [0, 0.05) is 12.3 Å². The fraction of sp³-hybridized carbons (Fsp3) is 0.143. The molecule has 0 spiro atoms. The average Bonchev–Trinajstić information content (AvgIpc) is 2.03. The predicted octanol–water partition coefficient (Wildman–Crippen LogP) is 1.03. The van der Waals surface area contributed by atoms with Gasteiger partial charge >= 0.3 is 0 Å². The lowest BCUT2D eigenvalue weighted by molar-refractivity contribution is 0.398. The third-order valence-electron chi connectivity index (χ3n) is 1.33. The number of hydrogen-bond acceptors (Lipinski definition) is 3. The highest BCUT2D eigenvalue weighted by Crippen LogP contribution is 2.18. The third-order valence-corrected chi connectivity index (χ3v) is 1.64. The van der Waals surface area contributed by atoms with E-state index in [2.05, 4.69) is 4.98 Å². The molecule has 4 nitrogen and oxygen atoms in total. The van der Waals surface area contributed by atoms with E-state index >= 15 is 0 Å². The molecule has 0 saturated heterocycles. The van der Waals surface area contributed by atoms with Crippen molar-refractivity contribution in [2.24, 2.45) is 5.73 Å². The molecule has 0 radical (unpaired) electrons. The molecular weight excluding hydrogens is 178 g/mol. The molecular formula is C7H8ClN3O. The van der Waals surface area contributed by atoms with E-state index in [0.29, 0.717) is 16.5 Å². The Bertz CT molecular complexity index is 314. The van der Waals surface area contributed by atoms with Crippen LogP contribution in [0.25, 0.3) is 0 Å². The molecule has 1 aromatic heterocycles. The van der Waals surface area contributed by atoms with Crippen LogP contribution in [0, 0.1) is 5.41 Å². The van der Waals surface area contributed by atoms with Crippen molar-refractivity contribution >= 4 is 17.4 Å². The van der Waals surface area contributed by atoms with E-state index in [1.54, 1.807) is 0 Å². The van der Waals surface area contributed by atoms with Crippen LogP contribution in [-0.4, -0.2) is 17.9 Å². The molecule has 3 N–H and O–H groups in total. The predicted molar refractivity (Wildman–Crippen MR) is 46.8 cm³/mol. The van der Waals surface area contributed by atoms with Gasteiger partial charge in [-0.3, -0.25) is 5.41 Å². The monoisotopic (exact) mass is 185 g/mol. The number of nitrogens with zero attached hydrogens (tertiary/aromatic N) is 1. The molecule has 0 atom stereocenters. The van der Waals surface area contributed by atoms with Crippen molar-refractivity contribution < 1.29 is 4.74 Å². The highest BCUT2D eigenvalue weighted by molar-refractivity contribution is 6.33. The number of pyridine rings is 1. The van der Waals surface area contributed by atoms with Crippen LogP contribution in [-0.2, 0) is 0 Å². The molecule has 5 heteroatoms. The third kappa shape index (κ3) is 1.65. The van der Waals surface area contributed by atoms with E-state index in [4.69, 9.17) is 27.5 Å². The maximum atomic E-state index is 7.12. The van der Waals surface area contributed by atoms with E-state index in [1.807, 2.05) is 0 Å². The van der Waals surface area contributed by atoms with Crippen LogP contribution < -0.4 is 10.5 Å². The number of ether oxygens (including phenoxy) is 1. The van der Waals surface area contributed by atoms with E-state index in [0.717, 1.165) is 0 Å². The molecule has 12 heavy (non-hydrogen) atoms. The number of nitrogen functional groups attached to an aromatic ring is 1. The number of nitrogens with two attached hydrogens (primary N) is 1. The number of nitrogens with one attached hydrogen (secondary N) is 1. The summed E-state index contributed by atoms with van der Waals surface area (Å²) in [6.45, 7) is 0. The maximum Gasteiger partial charge on any atom is 0.214 e. The summed E-state index contributed by atoms with van der Waals surface area (Å²) in [7, 11) is 1.49. The lowest BCUT2D eigenvalue weighted by Crippen LogP contribution is -2.12. The first-order valence-electron chi connectivity index (χ1n) is 3.19. The van der Waals surface area contributed by atoms with Crippen molar-refractivity contribution in [1.29, 1.82) is 5.41 Å². The van der Waals surface area contributed by atoms with Gasteiger partial charge in [0.1, 0.15) is 5.84 Å². The second-order valence-corrected chi connectivity index (χ2v) is 2.53. The Labute approximate surface area is 74.8 Å². The molecule has 0 aliphatic rings. The van der Waals surface area contributed by atoms with Crippen LogP contribution >= 0.6 is 11.6 Å². The largest absolute Gasteiger partial charge is 0.481 e. The Morgan fingerprint density at radius 3 is 2.83 bits per heavy atom. The lowest BCUT2D eigenvalue weighted by Gasteiger charge is -2.02. The van der Waals surface area contributed by atoms with Crippen molar-refractivity contribution in [3.8, 4) is 5.88 Å². The highest BCUT2D eigenvalue weighted by Gasteiger charge is 2.04. The van der Waals surface area contributed by atoms with Crippen molar-refractivity contribution in [3.63, 3.8) is 0 Å². The quantitative estimate of drug-likeness (QED) is 0.534. The number of halogens is 1. The summed E-state index contributed by atoms with van der Waals surface area (Å²) in [6.07, 6.45) is 1.41. The molecule has 1 rings (SSSR count). The second-order valence-electron chi connectivity index (χ2n) is 2.12. The lowest BCUT2D eigenvalue weighted by atomic mass is 10.2. The van der Waals surface area contributed by atoms with E-state index in [-0.39, 0.29) is 5.84 Å². The Morgan fingerprint density at radius 2 is 2.42 bits per heavy atom. The summed E-state index contributed by atoms with van der Waals surface area (Å²) in [5, 5.41) is 7.49. The van der Waals surface area contributed by atoms with Crippen molar-refractivity contribution in [3.05, 3.63) is 22.8 Å². The minimum absolute atomic E-state index is 0.102. The molecule has 0 aromatic carbocycles. The van der Waals surface area contributed by atoms with Crippen LogP contribution in [0.3, 0.4) is 0 Å².